The van der Waals surface area contributed by atoms with E-state index in [0.29, 0.717) is 41.3 Å². The number of imidazole rings is 2. The van der Waals surface area contributed by atoms with E-state index in [9.17, 15) is 14.4 Å². The van der Waals surface area contributed by atoms with Gasteiger partial charge in [-0.25, -0.2) is 24.5 Å². The fraction of sp³-hybridized carbons (Fsp3) is 0.308. The van der Waals surface area contributed by atoms with Gasteiger partial charge in [-0.05, 0) is 49.6 Å². The van der Waals surface area contributed by atoms with E-state index in [2.05, 4.69) is 24.8 Å². The molecular weight excluding hydrogens is 472 g/mol. The van der Waals surface area contributed by atoms with Crippen molar-refractivity contribution < 1.29 is 4.79 Å². The van der Waals surface area contributed by atoms with E-state index in [1.807, 2.05) is 19.1 Å². The van der Waals surface area contributed by atoms with Crippen molar-refractivity contribution in [2.24, 2.45) is 14.1 Å². The summed E-state index contributed by atoms with van der Waals surface area (Å²) in [7, 11) is 3.43. The summed E-state index contributed by atoms with van der Waals surface area (Å²) in [6.45, 7) is 3.26. The first kappa shape index (κ1) is 22.9. The largest absolute Gasteiger partial charge is 0.356 e. The van der Waals surface area contributed by atoms with Gasteiger partial charge >= 0.3 is 11.4 Å². The van der Waals surface area contributed by atoms with Crippen molar-refractivity contribution >= 4 is 33.8 Å². The molecule has 0 atom stereocenters. The van der Waals surface area contributed by atoms with Crippen LogP contribution in [0.25, 0.3) is 22.2 Å². The second kappa shape index (κ2) is 8.54. The van der Waals surface area contributed by atoms with Crippen LogP contribution in [0.5, 0.6) is 0 Å². The highest BCUT2D eigenvalue weighted by Crippen LogP contribution is 2.27. The maximum Gasteiger partial charge on any atom is 0.328 e. The molecule has 0 amide bonds. The molecule has 0 radical (unpaired) electrons. The minimum absolute atomic E-state index is 0.0526. The SMILES string of the molecule is Cc1cc(C(=O)c2cc(N3CCC(n4c(=O)[nH]c5ncccc54)CC3)ncn2)cc2c1n(C)c(=O)n2C. The van der Waals surface area contributed by atoms with Gasteiger partial charge in [0.1, 0.15) is 17.8 Å². The number of piperidine rings is 1. The molecule has 0 bridgehead atoms. The topological polar surface area (TPSA) is 124 Å². The van der Waals surface area contributed by atoms with Gasteiger partial charge in [0.15, 0.2) is 5.65 Å². The molecule has 6 rings (SSSR count). The fourth-order valence-corrected chi connectivity index (χ4v) is 5.47. The number of pyridine rings is 1. The Kier molecular flexibility index (Phi) is 5.28. The summed E-state index contributed by atoms with van der Waals surface area (Å²) in [6, 6.07) is 9.04. The number of anilines is 1. The van der Waals surface area contributed by atoms with Gasteiger partial charge in [-0.2, -0.15) is 0 Å². The maximum absolute atomic E-state index is 13.4. The molecule has 11 nitrogen and oxygen atoms in total. The molecule has 11 heteroatoms. The number of hydrogen-bond acceptors (Lipinski definition) is 7. The molecule has 1 fully saturated rings. The first-order chi connectivity index (χ1) is 17.8. The summed E-state index contributed by atoms with van der Waals surface area (Å²) >= 11 is 0. The zero-order valence-corrected chi connectivity index (χ0v) is 20.8. The van der Waals surface area contributed by atoms with Gasteiger partial charge in [0.2, 0.25) is 5.78 Å². The van der Waals surface area contributed by atoms with E-state index < -0.39 is 0 Å². The fourth-order valence-electron chi connectivity index (χ4n) is 5.47. The first-order valence-electron chi connectivity index (χ1n) is 12.2. The Balaban J connectivity index is 1.25. The Morgan fingerprint density at radius 3 is 2.57 bits per heavy atom. The normalized spacial score (nSPS) is 14.6. The second-order valence-electron chi connectivity index (χ2n) is 9.54. The van der Waals surface area contributed by atoms with Gasteiger partial charge < -0.3 is 4.90 Å². The Bertz CT molecular complexity index is 1800. The number of carbonyl (C=O) groups excluding carboxylic acids is 1. The number of aromatic amines is 1. The average molecular weight is 499 g/mol. The molecule has 1 aromatic carbocycles. The standard InChI is InChI=1S/C26H26N8O3/c1-15-11-16(12-20-22(15)32(3)26(37)31(20)2)23(35)18-13-21(29-14-28-18)33-9-6-17(7-10-33)34-19-5-4-8-27-24(19)30-25(34)36/h4-5,8,11-14,17H,6-7,9-10H2,1-3H3,(H,27,30,36). The molecule has 37 heavy (non-hydrogen) atoms. The van der Waals surface area contributed by atoms with E-state index in [1.54, 1.807) is 52.2 Å². The van der Waals surface area contributed by atoms with Crippen LogP contribution in [0.2, 0.25) is 0 Å². The number of nitrogens with zero attached hydrogens (tertiary/aromatic N) is 7. The molecule has 0 spiro atoms. The zero-order chi connectivity index (χ0) is 25.8. The number of rotatable bonds is 4. The molecule has 188 valence electrons. The van der Waals surface area contributed by atoms with Crippen molar-refractivity contribution in [3.63, 3.8) is 0 Å². The lowest BCUT2D eigenvalue weighted by Gasteiger charge is -2.33. The maximum atomic E-state index is 13.4. The summed E-state index contributed by atoms with van der Waals surface area (Å²) in [5, 5.41) is 0. The van der Waals surface area contributed by atoms with Crippen LogP contribution in [-0.4, -0.2) is 52.5 Å². The van der Waals surface area contributed by atoms with Gasteiger partial charge in [-0.1, -0.05) is 0 Å². The number of hydrogen-bond donors (Lipinski definition) is 1. The van der Waals surface area contributed by atoms with Crippen molar-refractivity contribution in [2.75, 3.05) is 18.0 Å². The molecule has 4 aromatic heterocycles. The molecule has 1 aliphatic heterocycles. The summed E-state index contributed by atoms with van der Waals surface area (Å²) < 4.78 is 4.93. The van der Waals surface area contributed by atoms with Gasteiger partial charge in [0.25, 0.3) is 0 Å². The van der Waals surface area contributed by atoms with Crippen LogP contribution in [-0.2, 0) is 14.1 Å². The van der Waals surface area contributed by atoms with Crippen LogP contribution in [0, 0.1) is 6.92 Å². The number of fused-ring (bicyclic) bond motifs is 2. The third-order valence-electron chi connectivity index (χ3n) is 7.34. The first-order valence-corrected chi connectivity index (χ1v) is 12.2. The van der Waals surface area contributed by atoms with Crippen LogP contribution >= 0.6 is 0 Å². The smallest absolute Gasteiger partial charge is 0.328 e. The Labute approximate surface area is 211 Å². The van der Waals surface area contributed by atoms with Crippen molar-refractivity contribution in [2.45, 2.75) is 25.8 Å². The lowest BCUT2D eigenvalue weighted by Crippen LogP contribution is -2.37. The third-order valence-corrected chi connectivity index (χ3v) is 7.34. The van der Waals surface area contributed by atoms with Crippen LogP contribution in [0.3, 0.4) is 0 Å². The highest BCUT2D eigenvalue weighted by atomic mass is 16.2. The van der Waals surface area contributed by atoms with E-state index in [-0.39, 0.29) is 23.2 Å². The molecule has 1 aliphatic rings. The van der Waals surface area contributed by atoms with Crippen LogP contribution < -0.4 is 16.3 Å². The minimum atomic E-state index is -0.224. The van der Waals surface area contributed by atoms with Crippen LogP contribution in [0.4, 0.5) is 5.82 Å². The van der Waals surface area contributed by atoms with E-state index >= 15 is 0 Å². The van der Waals surface area contributed by atoms with Gasteiger partial charge in [-0.3, -0.25) is 23.5 Å². The molecular formula is C26H26N8O3. The number of ketones is 1. The monoisotopic (exact) mass is 498 g/mol. The molecule has 0 saturated carbocycles. The lowest BCUT2D eigenvalue weighted by atomic mass is 10.0. The minimum Gasteiger partial charge on any atom is -0.356 e. The summed E-state index contributed by atoms with van der Waals surface area (Å²) in [6.07, 6.45) is 4.59. The number of nitrogens with one attached hydrogen (secondary N) is 1. The van der Waals surface area contributed by atoms with Gasteiger partial charge in [0, 0.05) is 51.1 Å². The van der Waals surface area contributed by atoms with Crippen molar-refractivity contribution in [3.8, 4) is 0 Å². The molecule has 0 unspecified atom stereocenters. The van der Waals surface area contributed by atoms with Crippen LogP contribution in [0.15, 0.2) is 52.4 Å². The second-order valence-corrected chi connectivity index (χ2v) is 9.54. The summed E-state index contributed by atoms with van der Waals surface area (Å²) in [5.41, 5.74) is 4.25. The number of carbonyl (C=O) groups is 1. The lowest BCUT2D eigenvalue weighted by molar-refractivity contribution is 0.103. The summed E-state index contributed by atoms with van der Waals surface area (Å²) in [4.78, 5) is 56.2. The van der Waals surface area contributed by atoms with Crippen molar-refractivity contribution in [1.82, 2.24) is 33.6 Å². The van der Waals surface area contributed by atoms with E-state index in [0.717, 1.165) is 29.4 Å². The molecule has 1 N–H and O–H groups in total. The highest BCUT2D eigenvalue weighted by molar-refractivity contribution is 6.09. The van der Waals surface area contributed by atoms with Crippen LogP contribution in [0.1, 0.15) is 40.5 Å². The third kappa shape index (κ3) is 3.65. The predicted octanol–water partition coefficient (Wildman–Crippen LogP) is 2.09. The summed E-state index contributed by atoms with van der Waals surface area (Å²) in [5.74, 6) is 0.451. The number of aromatic nitrogens is 7. The number of H-pyrrole nitrogens is 1. The Morgan fingerprint density at radius 1 is 1.00 bits per heavy atom. The predicted molar refractivity (Wildman–Crippen MR) is 139 cm³/mol. The quantitative estimate of drug-likeness (QED) is 0.376. The number of aryl methyl sites for hydroxylation is 3. The van der Waals surface area contributed by atoms with Gasteiger partial charge in [-0.15, -0.1) is 0 Å². The van der Waals surface area contributed by atoms with E-state index in [4.69, 9.17) is 0 Å². The van der Waals surface area contributed by atoms with Gasteiger partial charge in [0.05, 0.1) is 16.6 Å². The molecule has 1 saturated heterocycles. The van der Waals surface area contributed by atoms with Crippen molar-refractivity contribution in [3.05, 3.63) is 80.6 Å². The molecule has 0 aliphatic carbocycles. The molecule has 5 aromatic rings. The average Bonchev–Trinajstić information content (AvgIpc) is 3.37. The number of benzene rings is 1. The van der Waals surface area contributed by atoms with Crippen molar-refractivity contribution in [1.29, 1.82) is 0 Å². The Morgan fingerprint density at radius 2 is 1.78 bits per heavy atom. The Hall–Kier alpha value is -4.54. The van der Waals surface area contributed by atoms with E-state index in [1.165, 1.54) is 6.33 Å². The zero-order valence-electron chi connectivity index (χ0n) is 20.8. The molecule has 5 heterocycles. The highest BCUT2D eigenvalue weighted by Gasteiger charge is 2.25.